The number of nitrogens with two attached hydrogens (primary N) is 1. The van der Waals surface area contributed by atoms with Crippen LogP contribution in [0.4, 0.5) is 13.2 Å². The van der Waals surface area contributed by atoms with E-state index in [9.17, 15) is 13.2 Å². The molecular formula is C11H18F3N3. The molecule has 1 rings (SSSR count). The minimum atomic E-state index is -4.12. The number of hydrogen-bond acceptors (Lipinski definition) is 3. The van der Waals surface area contributed by atoms with Crippen molar-refractivity contribution >= 4 is 5.71 Å². The quantitative estimate of drug-likeness (QED) is 0.758. The predicted octanol–water partition coefficient (Wildman–Crippen LogP) is 1.80. The fraction of sp³-hybridized carbons (Fsp3) is 0.727. The Morgan fingerprint density at radius 1 is 1.47 bits per heavy atom. The Morgan fingerprint density at radius 2 is 2.12 bits per heavy atom. The lowest BCUT2D eigenvalue weighted by atomic mass is 9.88. The Hall–Kier alpha value is -1.04. The molecule has 0 unspecified atom stereocenters. The molecule has 17 heavy (non-hydrogen) atoms. The summed E-state index contributed by atoms with van der Waals surface area (Å²) in [6, 6.07) is -0.305. The van der Waals surface area contributed by atoms with Crippen LogP contribution in [-0.2, 0) is 0 Å². The van der Waals surface area contributed by atoms with Gasteiger partial charge in [-0.3, -0.25) is 9.89 Å². The molecule has 1 heterocycles. The normalized spacial score (nSPS) is 28.9. The molecule has 0 spiro atoms. The fourth-order valence-corrected chi connectivity index (χ4v) is 2.16. The molecule has 0 bridgehead atoms. The molecule has 3 nitrogen and oxygen atoms in total. The monoisotopic (exact) mass is 249 g/mol. The molecule has 1 saturated heterocycles. The van der Waals surface area contributed by atoms with Crippen molar-refractivity contribution in [3.63, 3.8) is 0 Å². The summed E-state index contributed by atoms with van der Waals surface area (Å²) in [4.78, 5) is 5.90. The topological polar surface area (TPSA) is 41.6 Å². The highest BCUT2D eigenvalue weighted by Gasteiger charge is 2.44. The number of rotatable bonds is 2. The van der Waals surface area contributed by atoms with Gasteiger partial charge in [0.25, 0.3) is 0 Å². The number of hydrogen-bond donors (Lipinski definition) is 1. The minimum Gasteiger partial charge on any atom is -0.405 e. The Labute approximate surface area is 99.2 Å². The van der Waals surface area contributed by atoms with Crippen LogP contribution in [0.2, 0.25) is 0 Å². The van der Waals surface area contributed by atoms with Crippen LogP contribution in [0.25, 0.3) is 0 Å². The molecule has 2 N–H and O–H groups in total. The van der Waals surface area contributed by atoms with Gasteiger partial charge in [0.05, 0.1) is 17.7 Å². The first-order valence-corrected chi connectivity index (χ1v) is 5.52. The smallest absolute Gasteiger partial charge is 0.391 e. The van der Waals surface area contributed by atoms with Gasteiger partial charge in [-0.1, -0.05) is 0 Å². The van der Waals surface area contributed by atoms with Crippen LogP contribution in [-0.4, -0.2) is 43.5 Å². The lowest BCUT2D eigenvalue weighted by Gasteiger charge is -2.37. The van der Waals surface area contributed by atoms with E-state index in [-0.39, 0.29) is 18.9 Å². The molecular weight excluding hydrogens is 231 g/mol. The van der Waals surface area contributed by atoms with Crippen molar-refractivity contribution in [3.8, 4) is 0 Å². The van der Waals surface area contributed by atoms with Gasteiger partial charge in [0.15, 0.2) is 0 Å². The van der Waals surface area contributed by atoms with Crippen LogP contribution >= 0.6 is 0 Å². The van der Waals surface area contributed by atoms with Crippen LogP contribution < -0.4 is 5.73 Å². The van der Waals surface area contributed by atoms with Gasteiger partial charge in [-0.25, -0.2) is 0 Å². The van der Waals surface area contributed by atoms with Gasteiger partial charge in [0.1, 0.15) is 0 Å². The molecule has 0 aromatic rings. The number of alkyl halides is 3. The van der Waals surface area contributed by atoms with Gasteiger partial charge >= 0.3 is 6.18 Å². The summed E-state index contributed by atoms with van der Waals surface area (Å²) in [7, 11) is 3.38. The van der Waals surface area contributed by atoms with Crippen LogP contribution in [0.1, 0.15) is 12.8 Å². The highest BCUT2D eigenvalue weighted by molar-refractivity contribution is 5.99. The van der Waals surface area contributed by atoms with Crippen molar-refractivity contribution in [2.75, 3.05) is 20.6 Å². The molecule has 0 aliphatic carbocycles. The molecule has 98 valence electrons. The number of likely N-dealkylation sites (tertiary alicyclic amines) is 1. The molecule has 6 heteroatoms. The Kier molecular flexibility index (Phi) is 4.56. The first-order chi connectivity index (χ1) is 7.90. The van der Waals surface area contributed by atoms with Crippen molar-refractivity contribution in [3.05, 3.63) is 12.3 Å². The summed E-state index contributed by atoms with van der Waals surface area (Å²) < 4.78 is 38.1. The lowest BCUT2D eigenvalue weighted by molar-refractivity contribution is -0.186. The summed E-state index contributed by atoms with van der Waals surface area (Å²) in [6.07, 6.45) is -1.03. The van der Waals surface area contributed by atoms with Crippen LogP contribution in [0.15, 0.2) is 17.3 Å². The summed E-state index contributed by atoms with van der Waals surface area (Å²) in [5.41, 5.74) is 5.88. The molecule has 0 aromatic heterocycles. The molecule has 0 amide bonds. The van der Waals surface area contributed by atoms with E-state index in [2.05, 4.69) is 4.99 Å². The van der Waals surface area contributed by atoms with E-state index in [1.807, 2.05) is 11.9 Å². The zero-order chi connectivity index (χ0) is 13.1. The van der Waals surface area contributed by atoms with E-state index >= 15 is 0 Å². The van der Waals surface area contributed by atoms with Gasteiger partial charge in [-0.05, 0) is 38.7 Å². The first kappa shape index (κ1) is 14.0. The third kappa shape index (κ3) is 3.46. The molecule has 1 fully saturated rings. The standard InChI is InChI=1S/C11H18F3N3/c1-16-9(3-5-15)10-7-8(11(12,13)14)4-6-17(10)2/h3,5,8,10H,4,6-7,15H2,1-2H3/t8-,10+/m0/s1. The van der Waals surface area contributed by atoms with E-state index < -0.39 is 12.1 Å². The van der Waals surface area contributed by atoms with Crippen LogP contribution in [0.5, 0.6) is 0 Å². The van der Waals surface area contributed by atoms with Crippen molar-refractivity contribution in [2.45, 2.75) is 25.1 Å². The Morgan fingerprint density at radius 3 is 2.59 bits per heavy atom. The number of piperidine rings is 1. The average molecular weight is 249 g/mol. The van der Waals surface area contributed by atoms with Crippen molar-refractivity contribution < 1.29 is 13.2 Å². The zero-order valence-corrected chi connectivity index (χ0v) is 10.0. The van der Waals surface area contributed by atoms with E-state index in [1.165, 1.54) is 6.20 Å². The highest BCUT2D eigenvalue weighted by atomic mass is 19.4. The second-order valence-electron chi connectivity index (χ2n) is 4.27. The Bertz CT molecular complexity index is 310. The van der Waals surface area contributed by atoms with Crippen LogP contribution in [0.3, 0.4) is 0 Å². The van der Waals surface area contributed by atoms with Gasteiger partial charge in [-0.15, -0.1) is 0 Å². The maximum Gasteiger partial charge on any atom is 0.391 e. The number of nitrogens with zero attached hydrogens (tertiary/aromatic N) is 2. The maximum atomic E-state index is 12.7. The molecule has 0 saturated carbocycles. The molecule has 2 atom stereocenters. The second kappa shape index (κ2) is 5.53. The first-order valence-electron chi connectivity index (χ1n) is 5.52. The predicted molar refractivity (Wildman–Crippen MR) is 61.9 cm³/mol. The third-order valence-electron chi connectivity index (χ3n) is 3.20. The maximum absolute atomic E-state index is 12.7. The van der Waals surface area contributed by atoms with E-state index in [1.54, 1.807) is 13.1 Å². The van der Waals surface area contributed by atoms with Crippen LogP contribution in [0, 0.1) is 5.92 Å². The second-order valence-corrected chi connectivity index (χ2v) is 4.27. The number of halogens is 3. The minimum absolute atomic E-state index is 0.0526. The van der Waals surface area contributed by atoms with Gasteiger partial charge in [0.2, 0.25) is 0 Å². The molecule has 0 aromatic carbocycles. The van der Waals surface area contributed by atoms with Gasteiger partial charge in [0, 0.05) is 7.05 Å². The van der Waals surface area contributed by atoms with Crippen molar-refractivity contribution in [2.24, 2.45) is 16.6 Å². The summed E-state index contributed by atoms with van der Waals surface area (Å²) in [5.74, 6) is -1.24. The van der Waals surface area contributed by atoms with Gasteiger partial charge < -0.3 is 5.73 Å². The van der Waals surface area contributed by atoms with E-state index in [0.29, 0.717) is 12.3 Å². The molecule has 0 radical (unpaired) electrons. The lowest BCUT2D eigenvalue weighted by Crippen LogP contribution is -2.47. The summed E-state index contributed by atoms with van der Waals surface area (Å²) in [6.45, 7) is 0.423. The Balaban J connectivity index is 2.83. The fourth-order valence-electron chi connectivity index (χ4n) is 2.16. The van der Waals surface area contributed by atoms with E-state index in [4.69, 9.17) is 5.73 Å². The summed E-state index contributed by atoms with van der Waals surface area (Å²) in [5, 5.41) is 0. The third-order valence-corrected chi connectivity index (χ3v) is 3.20. The summed E-state index contributed by atoms with van der Waals surface area (Å²) >= 11 is 0. The average Bonchev–Trinajstić information content (AvgIpc) is 2.25. The molecule has 1 aliphatic rings. The van der Waals surface area contributed by atoms with E-state index in [0.717, 1.165) is 0 Å². The SMILES string of the molecule is CN=C(C=CN)[C@H]1C[C@@H](C(F)(F)F)CCN1C. The van der Waals surface area contributed by atoms with Crippen molar-refractivity contribution in [1.29, 1.82) is 0 Å². The van der Waals surface area contributed by atoms with Crippen molar-refractivity contribution in [1.82, 2.24) is 4.90 Å². The molecule has 1 aliphatic heterocycles. The highest BCUT2D eigenvalue weighted by Crippen LogP contribution is 2.36. The van der Waals surface area contributed by atoms with Gasteiger partial charge in [-0.2, -0.15) is 13.2 Å². The largest absolute Gasteiger partial charge is 0.405 e. The number of aliphatic imine (C=N–C) groups is 1. The zero-order valence-electron chi connectivity index (χ0n) is 10.0.